The molecule has 4 rings (SSSR count). The third-order valence-electron chi connectivity index (χ3n) is 5.10. The second-order valence-electron chi connectivity index (χ2n) is 7.17. The van der Waals surface area contributed by atoms with Gasteiger partial charge in [0, 0.05) is 42.8 Å². The summed E-state index contributed by atoms with van der Waals surface area (Å²) in [6.07, 6.45) is 1.32. The molecule has 2 amide bonds. The van der Waals surface area contributed by atoms with Crippen LogP contribution in [-0.4, -0.2) is 48.1 Å². The van der Waals surface area contributed by atoms with Crippen molar-refractivity contribution in [2.24, 2.45) is 0 Å². The van der Waals surface area contributed by atoms with Gasteiger partial charge in [0.25, 0.3) is 5.91 Å². The highest BCUT2D eigenvalue weighted by Crippen LogP contribution is 2.15. The van der Waals surface area contributed by atoms with E-state index in [1.54, 1.807) is 29.7 Å². The third kappa shape index (κ3) is 5.61. The lowest BCUT2D eigenvalue weighted by Gasteiger charge is -2.35. The maximum atomic E-state index is 12.8. The van der Waals surface area contributed by atoms with Gasteiger partial charge in [-0.25, -0.2) is 9.78 Å². The minimum atomic E-state index is -0.459. The van der Waals surface area contributed by atoms with E-state index in [0.29, 0.717) is 25.2 Å². The molecule has 1 aliphatic rings. The van der Waals surface area contributed by atoms with Crippen LogP contribution in [0.4, 0.5) is 10.6 Å². The molecule has 31 heavy (non-hydrogen) atoms. The van der Waals surface area contributed by atoms with Crippen LogP contribution < -0.4 is 10.2 Å². The quantitative estimate of drug-likeness (QED) is 0.640. The van der Waals surface area contributed by atoms with Crippen LogP contribution in [0.25, 0.3) is 0 Å². The number of piperazine rings is 1. The fraction of sp³-hybridized carbons (Fsp3) is 0.261. The summed E-state index contributed by atoms with van der Waals surface area (Å²) in [4.78, 5) is 34.1. The van der Waals surface area contributed by atoms with E-state index >= 15 is 0 Å². The molecule has 1 N–H and O–H groups in total. The minimum absolute atomic E-state index is 0.0156. The zero-order valence-corrected chi connectivity index (χ0v) is 17.9. The molecule has 0 spiro atoms. The van der Waals surface area contributed by atoms with Gasteiger partial charge in [-0.3, -0.25) is 4.79 Å². The Morgan fingerprint density at radius 3 is 2.48 bits per heavy atom. The summed E-state index contributed by atoms with van der Waals surface area (Å²) >= 11 is 1.58. The first kappa shape index (κ1) is 20.9. The Morgan fingerprint density at radius 2 is 1.81 bits per heavy atom. The molecule has 7 nitrogen and oxygen atoms in total. The molecule has 0 bridgehead atoms. The van der Waals surface area contributed by atoms with Crippen LogP contribution >= 0.6 is 11.3 Å². The summed E-state index contributed by atoms with van der Waals surface area (Å²) in [7, 11) is 0. The summed E-state index contributed by atoms with van der Waals surface area (Å²) in [5, 5.41) is 4.69. The van der Waals surface area contributed by atoms with Gasteiger partial charge in [-0.15, -0.1) is 11.3 Å². The predicted octanol–water partition coefficient (Wildman–Crippen LogP) is 3.53. The Morgan fingerprint density at radius 1 is 1.00 bits per heavy atom. The van der Waals surface area contributed by atoms with Gasteiger partial charge in [0.05, 0.1) is 6.54 Å². The number of alkyl carbamates (subject to hydrolysis) is 1. The van der Waals surface area contributed by atoms with Crippen molar-refractivity contribution in [3.63, 3.8) is 0 Å². The number of carbonyl (C=O) groups is 2. The van der Waals surface area contributed by atoms with Crippen LogP contribution in [0.15, 0.2) is 66.2 Å². The zero-order chi connectivity index (χ0) is 21.5. The summed E-state index contributed by atoms with van der Waals surface area (Å²) in [6, 6.07) is 17.0. The lowest BCUT2D eigenvalue weighted by molar-refractivity contribution is 0.0746. The van der Waals surface area contributed by atoms with Gasteiger partial charge in [0.2, 0.25) is 0 Å². The van der Waals surface area contributed by atoms with Crippen LogP contribution in [0.5, 0.6) is 0 Å². The molecule has 0 aliphatic carbocycles. The molecule has 2 aromatic heterocycles. The first-order valence-electron chi connectivity index (χ1n) is 10.2. The van der Waals surface area contributed by atoms with Gasteiger partial charge in [-0.1, -0.05) is 24.3 Å². The van der Waals surface area contributed by atoms with Crippen LogP contribution in [0.1, 0.15) is 20.8 Å². The van der Waals surface area contributed by atoms with Gasteiger partial charge < -0.3 is 19.9 Å². The highest BCUT2D eigenvalue weighted by Gasteiger charge is 2.22. The number of anilines is 1. The summed E-state index contributed by atoms with van der Waals surface area (Å²) in [6.45, 7) is 3.45. The standard InChI is InChI=1S/C23H24N4O3S/c28-22(27-13-11-26(12-14-27)21-5-1-2-10-24-21)19-8-6-18(7-9-19)17-30-23(29)25-16-20-4-3-15-31-20/h1-10,15H,11-14,16-17H2,(H,25,29). The topological polar surface area (TPSA) is 74.8 Å². The molecule has 3 heterocycles. The van der Waals surface area contributed by atoms with E-state index in [1.165, 1.54) is 0 Å². The Kier molecular flexibility index (Phi) is 6.78. The largest absolute Gasteiger partial charge is 0.445 e. The number of carbonyl (C=O) groups excluding carboxylic acids is 2. The molecule has 3 aromatic rings. The van der Waals surface area contributed by atoms with Gasteiger partial charge in [-0.2, -0.15) is 0 Å². The predicted molar refractivity (Wildman–Crippen MR) is 120 cm³/mol. The van der Waals surface area contributed by atoms with Crippen LogP contribution in [-0.2, 0) is 17.9 Å². The molecule has 1 aliphatic heterocycles. The van der Waals surface area contributed by atoms with E-state index in [9.17, 15) is 9.59 Å². The van der Waals surface area contributed by atoms with Crippen molar-refractivity contribution < 1.29 is 14.3 Å². The van der Waals surface area contributed by atoms with Crippen molar-refractivity contribution in [1.82, 2.24) is 15.2 Å². The number of rotatable bonds is 6. The third-order valence-corrected chi connectivity index (χ3v) is 5.97. The molecule has 160 valence electrons. The summed E-state index contributed by atoms with van der Waals surface area (Å²) in [5.74, 6) is 0.959. The zero-order valence-electron chi connectivity index (χ0n) is 17.1. The fourth-order valence-corrected chi connectivity index (χ4v) is 4.02. The first-order chi connectivity index (χ1) is 15.2. The summed E-state index contributed by atoms with van der Waals surface area (Å²) in [5.41, 5.74) is 1.47. The molecule has 0 radical (unpaired) electrons. The van der Waals surface area contributed by atoms with Crippen molar-refractivity contribution in [1.29, 1.82) is 0 Å². The normalized spacial score (nSPS) is 13.7. The smallest absolute Gasteiger partial charge is 0.407 e. The van der Waals surface area contributed by atoms with E-state index in [2.05, 4.69) is 15.2 Å². The van der Waals surface area contributed by atoms with E-state index < -0.39 is 6.09 Å². The molecular weight excluding hydrogens is 412 g/mol. The Bertz CT molecular complexity index is 985. The molecule has 0 unspecified atom stereocenters. The van der Waals surface area contributed by atoms with E-state index in [1.807, 2.05) is 52.7 Å². The number of amides is 2. The molecular formula is C23H24N4O3S. The lowest BCUT2D eigenvalue weighted by Crippen LogP contribution is -2.49. The average molecular weight is 437 g/mol. The number of nitrogens with zero attached hydrogens (tertiary/aromatic N) is 3. The Balaban J connectivity index is 1.23. The highest BCUT2D eigenvalue weighted by molar-refractivity contribution is 7.09. The van der Waals surface area contributed by atoms with Gasteiger partial charge >= 0.3 is 6.09 Å². The molecule has 1 saturated heterocycles. The van der Waals surface area contributed by atoms with Crippen molar-refractivity contribution in [3.05, 3.63) is 82.2 Å². The second kappa shape index (κ2) is 10.1. The molecule has 1 fully saturated rings. The van der Waals surface area contributed by atoms with Crippen molar-refractivity contribution in [3.8, 4) is 0 Å². The molecule has 1 aromatic carbocycles. The van der Waals surface area contributed by atoms with E-state index in [-0.39, 0.29) is 12.5 Å². The first-order valence-corrected chi connectivity index (χ1v) is 11.0. The van der Waals surface area contributed by atoms with Crippen LogP contribution in [0, 0.1) is 0 Å². The second-order valence-corrected chi connectivity index (χ2v) is 8.21. The van der Waals surface area contributed by atoms with Gasteiger partial charge in [0.1, 0.15) is 12.4 Å². The monoisotopic (exact) mass is 436 g/mol. The molecule has 0 saturated carbocycles. The number of hydrogen-bond acceptors (Lipinski definition) is 6. The molecule has 8 heteroatoms. The number of pyridine rings is 1. The van der Waals surface area contributed by atoms with E-state index in [4.69, 9.17) is 4.74 Å². The molecule has 0 atom stereocenters. The number of nitrogens with one attached hydrogen (secondary N) is 1. The van der Waals surface area contributed by atoms with Gasteiger partial charge in [0.15, 0.2) is 0 Å². The Hall–Kier alpha value is -3.39. The van der Waals surface area contributed by atoms with Crippen molar-refractivity contribution >= 4 is 29.2 Å². The van der Waals surface area contributed by atoms with Crippen molar-refractivity contribution in [2.45, 2.75) is 13.2 Å². The number of hydrogen-bond donors (Lipinski definition) is 1. The van der Waals surface area contributed by atoms with Crippen LogP contribution in [0.3, 0.4) is 0 Å². The maximum Gasteiger partial charge on any atom is 0.407 e. The average Bonchev–Trinajstić information content (AvgIpc) is 3.36. The maximum absolute atomic E-state index is 12.8. The van der Waals surface area contributed by atoms with E-state index in [0.717, 1.165) is 29.3 Å². The summed E-state index contributed by atoms with van der Waals surface area (Å²) < 4.78 is 5.24. The minimum Gasteiger partial charge on any atom is -0.445 e. The SMILES string of the molecule is O=C(NCc1cccs1)OCc1ccc(C(=O)N2CCN(c3ccccn3)CC2)cc1. The van der Waals surface area contributed by atoms with Gasteiger partial charge in [-0.05, 0) is 41.3 Å². The number of thiophene rings is 1. The van der Waals surface area contributed by atoms with Crippen LogP contribution in [0.2, 0.25) is 0 Å². The number of ether oxygens (including phenoxy) is 1. The highest BCUT2D eigenvalue weighted by atomic mass is 32.1. The lowest BCUT2D eigenvalue weighted by atomic mass is 10.1. The fourth-order valence-electron chi connectivity index (χ4n) is 3.38. The van der Waals surface area contributed by atoms with Crippen molar-refractivity contribution in [2.75, 3.05) is 31.1 Å². The number of benzene rings is 1. The number of aromatic nitrogens is 1. The Labute approximate surface area is 185 Å².